The third kappa shape index (κ3) is 2.23. The highest BCUT2D eigenvalue weighted by Crippen LogP contribution is 2.24. The van der Waals surface area contributed by atoms with Crippen LogP contribution in [0.2, 0.25) is 0 Å². The Morgan fingerprint density at radius 1 is 1.43 bits per heavy atom. The second-order valence-corrected chi connectivity index (χ2v) is 2.55. The molecule has 0 bridgehead atoms. The molecule has 0 fully saturated rings. The molecule has 1 aromatic rings. The van der Waals surface area contributed by atoms with Gasteiger partial charge in [-0.05, 0) is 12.1 Å². The third-order valence-electron chi connectivity index (χ3n) is 1.59. The average molecular weight is 190 g/mol. The number of aromatic hydroxyl groups is 1. The first kappa shape index (κ1) is 10.1. The summed E-state index contributed by atoms with van der Waals surface area (Å²) in [5, 5.41) is 9.17. The molecule has 0 atom stereocenters. The largest absolute Gasteiger partial charge is 0.508 e. The summed E-state index contributed by atoms with van der Waals surface area (Å²) in [4.78, 5) is 10.9. The zero-order valence-corrected chi connectivity index (χ0v) is 7.56. The van der Waals surface area contributed by atoms with Crippen LogP contribution in [0.5, 0.6) is 11.5 Å². The van der Waals surface area contributed by atoms with Crippen molar-refractivity contribution >= 4 is 12.0 Å². The van der Waals surface area contributed by atoms with Crippen molar-refractivity contribution < 1.29 is 14.6 Å². The lowest BCUT2D eigenvalue weighted by Gasteiger charge is -2.05. The molecule has 14 heavy (non-hydrogen) atoms. The molecule has 0 heterocycles. The molecule has 0 aromatic heterocycles. The Hall–Kier alpha value is -2.03. The van der Waals surface area contributed by atoms with Gasteiger partial charge in [0.25, 0.3) is 0 Å². The number of carbonyl (C=O) groups is 1. The van der Waals surface area contributed by atoms with Crippen LogP contribution in [0, 0.1) is 0 Å². The topological polar surface area (TPSA) is 46.5 Å². The van der Waals surface area contributed by atoms with Gasteiger partial charge in [0, 0.05) is 17.7 Å². The smallest absolute Gasteiger partial charge is 0.335 e. The minimum Gasteiger partial charge on any atom is -0.508 e. The highest BCUT2D eigenvalue weighted by Gasteiger charge is 2.05. The molecule has 3 heteroatoms. The van der Waals surface area contributed by atoms with Crippen molar-refractivity contribution in [1.82, 2.24) is 0 Å². The van der Waals surface area contributed by atoms with Gasteiger partial charge in [-0.2, -0.15) is 0 Å². The molecule has 1 aromatic carbocycles. The Morgan fingerprint density at radius 3 is 2.71 bits per heavy atom. The fourth-order valence-electron chi connectivity index (χ4n) is 0.930. The van der Waals surface area contributed by atoms with Crippen LogP contribution in [0.1, 0.15) is 5.56 Å². The number of hydrogen-bond donors (Lipinski definition) is 1. The first-order valence-electron chi connectivity index (χ1n) is 3.97. The summed E-state index contributed by atoms with van der Waals surface area (Å²) in [6.07, 6.45) is 2.59. The Morgan fingerprint density at radius 2 is 2.14 bits per heavy atom. The zero-order chi connectivity index (χ0) is 10.6. The maximum atomic E-state index is 10.9. The molecule has 0 unspecified atom stereocenters. The number of esters is 1. The van der Waals surface area contributed by atoms with E-state index in [9.17, 15) is 4.79 Å². The first-order chi connectivity index (χ1) is 6.67. The van der Waals surface area contributed by atoms with Gasteiger partial charge in [0.05, 0.1) is 0 Å². The molecule has 0 saturated heterocycles. The molecule has 1 rings (SSSR count). The van der Waals surface area contributed by atoms with Crippen molar-refractivity contribution in [3.63, 3.8) is 0 Å². The van der Waals surface area contributed by atoms with E-state index in [4.69, 9.17) is 9.84 Å². The van der Waals surface area contributed by atoms with Crippen LogP contribution in [0.4, 0.5) is 0 Å². The summed E-state index contributed by atoms with van der Waals surface area (Å²) in [5.74, 6) is -0.272. The monoisotopic (exact) mass is 190 g/mol. The first-order valence-corrected chi connectivity index (χ1v) is 3.97. The van der Waals surface area contributed by atoms with Crippen molar-refractivity contribution in [3.05, 3.63) is 43.0 Å². The number of carbonyl (C=O) groups excluding carboxylic acids is 1. The van der Waals surface area contributed by atoms with Gasteiger partial charge in [-0.1, -0.05) is 19.2 Å². The van der Waals surface area contributed by atoms with Crippen molar-refractivity contribution in [2.75, 3.05) is 0 Å². The van der Waals surface area contributed by atoms with Crippen LogP contribution in [0.15, 0.2) is 37.4 Å². The lowest BCUT2D eigenvalue weighted by Crippen LogP contribution is -2.04. The molecule has 0 spiro atoms. The second kappa shape index (κ2) is 4.28. The highest BCUT2D eigenvalue weighted by molar-refractivity contribution is 5.84. The van der Waals surface area contributed by atoms with Crippen LogP contribution in [0.25, 0.3) is 6.08 Å². The number of hydrogen-bond acceptors (Lipinski definition) is 3. The Labute approximate surface area is 81.9 Å². The van der Waals surface area contributed by atoms with E-state index >= 15 is 0 Å². The minimum atomic E-state index is -0.571. The van der Waals surface area contributed by atoms with Crippen molar-refractivity contribution in [2.24, 2.45) is 0 Å². The summed E-state index contributed by atoms with van der Waals surface area (Å²) in [7, 11) is 0. The summed E-state index contributed by atoms with van der Waals surface area (Å²) >= 11 is 0. The molecular weight excluding hydrogens is 180 g/mol. The van der Waals surface area contributed by atoms with Crippen LogP contribution in [-0.2, 0) is 4.79 Å². The van der Waals surface area contributed by atoms with E-state index in [2.05, 4.69) is 13.2 Å². The standard InChI is InChI=1S/C11H10O3/c1-3-8-5-6-9(12)7-10(8)14-11(13)4-2/h3-7,12H,1-2H2. The number of phenolic OH excluding ortho intramolecular Hbond substituents is 1. The lowest BCUT2D eigenvalue weighted by molar-refractivity contribution is -0.128. The van der Waals surface area contributed by atoms with E-state index < -0.39 is 5.97 Å². The summed E-state index contributed by atoms with van der Waals surface area (Å²) < 4.78 is 4.88. The predicted molar refractivity (Wildman–Crippen MR) is 54.0 cm³/mol. The van der Waals surface area contributed by atoms with Gasteiger partial charge in [0.1, 0.15) is 11.5 Å². The molecule has 0 radical (unpaired) electrons. The van der Waals surface area contributed by atoms with Gasteiger partial charge in [-0.25, -0.2) is 4.79 Å². The van der Waals surface area contributed by atoms with E-state index in [0.717, 1.165) is 6.08 Å². The van der Waals surface area contributed by atoms with Crippen molar-refractivity contribution in [3.8, 4) is 11.5 Å². The van der Waals surface area contributed by atoms with Gasteiger partial charge in [-0.15, -0.1) is 0 Å². The SMILES string of the molecule is C=CC(=O)Oc1cc(O)ccc1C=C. The van der Waals surface area contributed by atoms with Crippen LogP contribution >= 0.6 is 0 Å². The van der Waals surface area contributed by atoms with Crippen molar-refractivity contribution in [1.29, 1.82) is 0 Å². The van der Waals surface area contributed by atoms with E-state index in [1.807, 2.05) is 0 Å². The van der Waals surface area contributed by atoms with Gasteiger partial charge in [0.2, 0.25) is 0 Å². The second-order valence-electron chi connectivity index (χ2n) is 2.55. The van der Waals surface area contributed by atoms with Crippen molar-refractivity contribution in [2.45, 2.75) is 0 Å². The van der Waals surface area contributed by atoms with Crippen LogP contribution in [-0.4, -0.2) is 11.1 Å². The molecule has 72 valence electrons. The summed E-state index contributed by atoms with van der Waals surface area (Å²) in [5.41, 5.74) is 0.637. The number of benzene rings is 1. The molecular formula is C11H10O3. The Bertz CT molecular complexity index is 380. The normalized spacial score (nSPS) is 9.14. The molecule has 0 amide bonds. The number of rotatable bonds is 3. The maximum Gasteiger partial charge on any atom is 0.335 e. The maximum absolute atomic E-state index is 10.9. The number of ether oxygens (including phenoxy) is 1. The Kier molecular flexibility index (Phi) is 3.07. The average Bonchev–Trinajstić information content (AvgIpc) is 2.18. The fourth-order valence-corrected chi connectivity index (χ4v) is 0.930. The minimum absolute atomic E-state index is 0.0301. The van der Waals surface area contributed by atoms with E-state index in [0.29, 0.717) is 5.56 Å². The van der Waals surface area contributed by atoms with E-state index in [-0.39, 0.29) is 11.5 Å². The zero-order valence-electron chi connectivity index (χ0n) is 7.56. The molecule has 1 N–H and O–H groups in total. The molecule has 0 aliphatic carbocycles. The van der Waals surface area contributed by atoms with E-state index in [1.165, 1.54) is 18.2 Å². The van der Waals surface area contributed by atoms with Crippen LogP contribution < -0.4 is 4.74 Å². The summed E-state index contributed by atoms with van der Waals surface area (Å²) in [6.45, 7) is 6.83. The third-order valence-corrected chi connectivity index (χ3v) is 1.59. The number of phenols is 1. The quantitative estimate of drug-likeness (QED) is 0.451. The molecule has 0 aliphatic heterocycles. The van der Waals surface area contributed by atoms with Gasteiger partial charge >= 0.3 is 5.97 Å². The molecule has 0 saturated carbocycles. The Balaban J connectivity index is 3.04. The fraction of sp³-hybridized carbons (Fsp3) is 0. The molecule has 3 nitrogen and oxygen atoms in total. The van der Waals surface area contributed by atoms with E-state index in [1.54, 1.807) is 6.07 Å². The van der Waals surface area contributed by atoms with Crippen LogP contribution in [0.3, 0.4) is 0 Å². The van der Waals surface area contributed by atoms with Gasteiger partial charge in [-0.3, -0.25) is 0 Å². The lowest BCUT2D eigenvalue weighted by atomic mass is 10.2. The van der Waals surface area contributed by atoms with Gasteiger partial charge in [0.15, 0.2) is 0 Å². The highest BCUT2D eigenvalue weighted by atomic mass is 16.5. The molecule has 0 aliphatic rings. The van der Waals surface area contributed by atoms with Gasteiger partial charge < -0.3 is 9.84 Å². The predicted octanol–water partition coefficient (Wildman–Crippen LogP) is 2.13. The summed E-state index contributed by atoms with van der Waals surface area (Å²) in [6, 6.07) is 4.44.